The predicted octanol–water partition coefficient (Wildman–Crippen LogP) is 3.04. The fourth-order valence-electron chi connectivity index (χ4n) is 1.39. The lowest BCUT2D eigenvalue weighted by Gasteiger charge is -2.04. The molecule has 19 heavy (non-hydrogen) atoms. The average Bonchev–Trinajstić information content (AvgIpc) is 2.80. The summed E-state index contributed by atoms with van der Waals surface area (Å²) in [5.41, 5.74) is 1.14. The van der Waals surface area contributed by atoms with Crippen molar-refractivity contribution in [1.82, 2.24) is 5.32 Å². The van der Waals surface area contributed by atoms with E-state index < -0.39 is 0 Å². The molecule has 1 aliphatic heterocycles. The smallest absolute Gasteiger partial charge is 0.236 e. The number of amidine groups is 1. The van der Waals surface area contributed by atoms with Crippen molar-refractivity contribution < 1.29 is 9.18 Å². The molecule has 0 bridgehead atoms. The van der Waals surface area contributed by atoms with Gasteiger partial charge in [-0.3, -0.25) is 4.79 Å². The first-order valence-electron chi connectivity index (χ1n) is 5.18. The van der Waals surface area contributed by atoms with Crippen molar-refractivity contribution in [3.63, 3.8) is 0 Å². The first kappa shape index (κ1) is 14.7. The van der Waals surface area contributed by atoms with Crippen molar-refractivity contribution in [1.29, 1.82) is 0 Å². The lowest BCUT2D eigenvalue weighted by molar-refractivity contribution is -0.116. The fraction of sp³-hybridized carbons (Fsp3) is 0.182. The first-order chi connectivity index (χ1) is 9.11. The fourth-order valence-corrected chi connectivity index (χ4v) is 2.96. The van der Waals surface area contributed by atoms with Crippen molar-refractivity contribution in [3.8, 4) is 0 Å². The van der Waals surface area contributed by atoms with Gasteiger partial charge in [0.1, 0.15) is 5.82 Å². The molecule has 8 heteroatoms. The van der Waals surface area contributed by atoms with Crippen LogP contribution in [-0.4, -0.2) is 23.0 Å². The summed E-state index contributed by atoms with van der Waals surface area (Å²) in [4.78, 5) is 10.9. The third kappa shape index (κ3) is 3.64. The van der Waals surface area contributed by atoms with Crippen molar-refractivity contribution in [3.05, 3.63) is 33.5 Å². The minimum absolute atomic E-state index is 0.0882. The molecule has 0 aliphatic carbocycles. The van der Waals surface area contributed by atoms with Crippen LogP contribution in [0.2, 0.25) is 0 Å². The van der Waals surface area contributed by atoms with Gasteiger partial charge in [0.15, 0.2) is 5.17 Å². The second-order valence-electron chi connectivity index (χ2n) is 3.55. The van der Waals surface area contributed by atoms with Crippen molar-refractivity contribution in [2.24, 2.45) is 10.2 Å². The van der Waals surface area contributed by atoms with Gasteiger partial charge in [-0.1, -0.05) is 33.8 Å². The number of nitrogens with zero attached hydrogens (tertiary/aromatic N) is 2. The summed E-state index contributed by atoms with van der Waals surface area (Å²) in [6.45, 7) is 0. The zero-order chi connectivity index (χ0) is 13.8. The van der Waals surface area contributed by atoms with E-state index in [-0.39, 0.29) is 11.7 Å². The molecule has 100 valence electrons. The Kier molecular flexibility index (Phi) is 5.12. The number of rotatable bonds is 3. The molecule has 0 atom stereocenters. The number of amides is 1. The molecule has 0 unspecified atom stereocenters. The maximum atomic E-state index is 13.8. The van der Waals surface area contributed by atoms with Gasteiger partial charge in [-0.15, -0.1) is 5.10 Å². The summed E-state index contributed by atoms with van der Waals surface area (Å²) in [6, 6.07) is 3.36. The average molecular weight is 409 g/mol. The standard InChI is InChI=1S/C11H8Br2FN3OS/c12-3-7-6(1-2-8(13)10(7)14)4-15-17-11-16-9(18)5-19-11/h1-2,4H,3,5H2,(H,16,17,18). The van der Waals surface area contributed by atoms with E-state index in [1.165, 1.54) is 18.0 Å². The number of hydrogen-bond acceptors (Lipinski definition) is 4. The number of carbonyl (C=O) groups is 1. The summed E-state index contributed by atoms with van der Waals surface area (Å²) in [6.07, 6.45) is 1.46. The predicted molar refractivity (Wildman–Crippen MR) is 82.4 cm³/mol. The Hall–Kier alpha value is -0.730. The molecule has 0 radical (unpaired) electrons. The molecule has 1 N–H and O–H groups in total. The highest BCUT2D eigenvalue weighted by molar-refractivity contribution is 9.10. The van der Waals surface area contributed by atoms with Crippen LogP contribution >= 0.6 is 43.6 Å². The minimum Gasteiger partial charge on any atom is -0.303 e. The Morgan fingerprint density at radius 1 is 1.53 bits per heavy atom. The van der Waals surface area contributed by atoms with E-state index in [1.54, 1.807) is 12.1 Å². The summed E-state index contributed by atoms with van der Waals surface area (Å²) in [7, 11) is 0. The van der Waals surface area contributed by atoms with E-state index in [0.29, 0.717) is 31.9 Å². The van der Waals surface area contributed by atoms with E-state index in [2.05, 4.69) is 47.4 Å². The largest absolute Gasteiger partial charge is 0.303 e. The van der Waals surface area contributed by atoms with E-state index in [0.717, 1.165) is 0 Å². The number of halogens is 3. The quantitative estimate of drug-likeness (QED) is 0.474. The Bertz CT molecular complexity index is 577. The molecule has 1 saturated heterocycles. The van der Waals surface area contributed by atoms with Gasteiger partial charge in [0, 0.05) is 16.5 Å². The minimum atomic E-state index is -0.322. The Morgan fingerprint density at radius 3 is 2.95 bits per heavy atom. The second-order valence-corrected chi connectivity index (χ2v) is 5.93. The molecule has 1 aromatic carbocycles. The lowest BCUT2D eigenvalue weighted by atomic mass is 10.1. The van der Waals surface area contributed by atoms with Crippen molar-refractivity contribution >= 4 is 60.9 Å². The van der Waals surface area contributed by atoms with Crippen LogP contribution < -0.4 is 5.32 Å². The third-order valence-corrected chi connectivity index (χ3v) is 4.33. The van der Waals surface area contributed by atoms with Crippen LogP contribution in [0.5, 0.6) is 0 Å². The molecule has 2 rings (SSSR count). The maximum absolute atomic E-state index is 13.8. The Morgan fingerprint density at radius 2 is 2.32 bits per heavy atom. The zero-order valence-electron chi connectivity index (χ0n) is 9.49. The summed E-state index contributed by atoms with van der Waals surface area (Å²) in [5.74, 6) is -0.0553. The van der Waals surface area contributed by atoms with Crippen LogP contribution in [-0.2, 0) is 10.1 Å². The number of alkyl halides is 1. The van der Waals surface area contributed by atoms with Crippen molar-refractivity contribution in [2.45, 2.75) is 5.33 Å². The lowest BCUT2D eigenvalue weighted by Crippen LogP contribution is -2.19. The topological polar surface area (TPSA) is 53.8 Å². The molecule has 0 saturated carbocycles. The van der Waals surface area contributed by atoms with E-state index >= 15 is 0 Å². The van der Waals surface area contributed by atoms with Gasteiger partial charge in [-0.25, -0.2) is 4.39 Å². The van der Waals surface area contributed by atoms with Gasteiger partial charge < -0.3 is 5.32 Å². The van der Waals surface area contributed by atoms with Gasteiger partial charge in [-0.2, -0.15) is 5.10 Å². The Balaban J connectivity index is 2.19. The van der Waals surface area contributed by atoms with Gasteiger partial charge in [0.05, 0.1) is 16.4 Å². The highest BCUT2D eigenvalue weighted by Crippen LogP contribution is 2.23. The van der Waals surface area contributed by atoms with Crippen LogP contribution in [0.25, 0.3) is 0 Å². The second kappa shape index (κ2) is 6.62. The van der Waals surface area contributed by atoms with Gasteiger partial charge in [0.25, 0.3) is 0 Å². The summed E-state index contributed by atoms with van der Waals surface area (Å²) < 4.78 is 14.2. The molecule has 0 spiro atoms. The monoisotopic (exact) mass is 407 g/mol. The van der Waals surface area contributed by atoms with Gasteiger partial charge >= 0.3 is 0 Å². The number of hydrogen-bond donors (Lipinski definition) is 1. The Labute approximate surface area is 130 Å². The molecule has 1 aliphatic rings. The molecule has 1 fully saturated rings. The summed E-state index contributed by atoms with van der Waals surface area (Å²) in [5, 5.41) is 11.1. The third-order valence-electron chi connectivity index (χ3n) is 2.30. The normalized spacial score (nSPS) is 17.4. The van der Waals surface area contributed by atoms with Gasteiger partial charge in [-0.05, 0) is 22.0 Å². The molecular formula is C11H8Br2FN3OS. The molecule has 4 nitrogen and oxygen atoms in total. The van der Waals surface area contributed by atoms with Gasteiger partial charge in [0.2, 0.25) is 5.91 Å². The molecule has 1 aromatic rings. The van der Waals surface area contributed by atoms with Crippen LogP contribution in [0, 0.1) is 5.82 Å². The van der Waals surface area contributed by atoms with Crippen LogP contribution in [0.3, 0.4) is 0 Å². The highest BCUT2D eigenvalue weighted by atomic mass is 79.9. The van der Waals surface area contributed by atoms with Crippen LogP contribution in [0.1, 0.15) is 11.1 Å². The first-order valence-corrected chi connectivity index (χ1v) is 8.08. The number of benzene rings is 1. The van der Waals surface area contributed by atoms with E-state index in [4.69, 9.17) is 0 Å². The number of carbonyl (C=O) groups excluding carboxylic acids is 1. The van der Waals surface area contributed by atoms with E-state index in [1.807, 2.05) is 0 Å². The molecule has 0 aromatic heterocycles. The van der Waals surface area contributed by atoms with Crippen LogP contribution in [0.15, 0.2) is 26.8 Å². The van der Waals surface area contributed by atoms with Crippen LogP contribution in [0.4, 0.5) is 4.39 Å². The SMILES string of the molecule is O=C1CSC(=NN=Cc2ccc(Br)c(F)c2CBr)N1. The number of nitrogens with one attached hydrogen (secondary N) is 1. The maximum Gasteiger partial charge on any atom is 0.236 e. The van der Waals surface area contributed by atoms with Crippen molar-refractivity contribution in [2.75, 3.05) is 5.75 Å². The zero-order valence-corrected chi connectivity index (χ0v) is 13.5. The summed E-state index contributed by atoms with van der Waals surface area (Å²) >= 11 is 7.66. The molecule has 1 amide bonds. The molecular weight excluding hydrogens is 401 g/mol. The molecule has 1 heterocycles. The van der Waals surface area contributed by atoms with E-state index in [9.17, 15) is 9.18 Å². The highest BCUT2D eigenvalue weighted by Gasteiger charge is 2.16. The number of thioether (sulfide) groups is 1.